The summed E-state index contributed by atoms with van der Waals surface area (Å²) >= 11 is 0. The van der Waals surface area contributed by atoms with Gasteiger partial charge in [0.25, 0.3) is 0 Å². The molecule has 0 amide bonds. The Kier molecular flexibility index (Phi) is 8.14. The fourth-order valence-electron chi connectivity index (χ4n) is 5.02. The quantitative estimate of drug-likeness (QED) is 0.343. The number of nitrogens with one attached hydrogen (secondary N) is 1. The molecule has 2 N–H and O–H groups in total. The van der Waals surface area contributed by atoms with Crippen LogP contribution >= 0.6 is 0 Å². The van der Waals surface area contributed by atoms with E-state index in [4.69, 9.17) is 14.6 Å². The summed E-state index contributed by atoms with van der Waals surface area (Å²) in [6.07, 6.45) is 5.85. The topological polar surface area (TPSA) is 96.5 Å². The highest BCUT2D eigenvalue weighted by atomic mass is 16.5. The Morgan fingerprint density at radius 2 is 1.97 bits per heavy atom. The number of hydrogen-bond acceptors (Lipinski definition) is 8. The van der Waals surface area contributed by atoms with Gasteiger partial charge in [-0.3, -0.25) is 4.99 Å². The first-order chi connectivity index (χ1) is 17.8. The maximum atomic E-state index is 10.1. The number of anilines is 2. The Bertz CT molecular complexity index is 1280. The van der Waals surface area contributed by atoms with E-state index in [0.29, 0.717) is 24.3 Å². The van der Waals surface area contributed by atoms with Crippen molar-refractivity contribution in [1.29, 1.82) is 0 Å². The molecule has 4 rings (SSSR count). The van der Waals surface area contributed by atoms with Crippen molar-refractivity contribution in [2.24, 2.45) is 4.99 Å². The fourth-order valence-corrected chi connectivity index (χ4v) is 5.02. The summed E-state index contributed by atoms with van der Waals surface area (Å²) in [6.45, 7) is 8.33. The van der Waals surface area contributed by atoms with E-state index in [9.17, 15) is 5.11 Å². The maximum absolute atomic E-state index is 10.1. The van der Waals surface area contributed by atoms with E-state index in [1.165, 1.54) is 5.56 Å². The van der Waals surface area contributed by atoms with Gasteiger partial charge in [-0.1, -0.05) is 12.1 Å². The molecule has 2 aromatic heterocycles. The zero-order chi connectivity index (χ0) is 26.6. The van der Waals surface area contributed by atoms with Gasteiger partial charge < -0.3 is 24.8 Å². The molecule has 1 aliphatic rings. The van der Waals surface area contributed by atoms with Crippen molar-refractivity contribution < 1.29 is 14.6 Å². The van der Waals surface area contributed by atoms with Gasteiger partial charge in [0.1, 0.15) is 5.75 Å². The summed E-state index contributed by atoms with van der Waals surface area (Å²) in [7, 11) is 4.99. The lowest BCUT2D eigenvalue weighted by Crippen LogP contribution is -2.42. The van der Waals surface area contributed by atoms with Crippen LogP contribution in [0.3, 0.4) is 0 Å². The van der Waals surface area contributed by atoms with E-state index in [0.717, 1.165) is 54.2 Å². The lowest BCUT2D eigenvalue weighted by Gasteiger charge is -2.35. The number of rotatable bonds is 8. The van der Waals surface area contributed by atoms with Crippen LogP contribution in [0.2, 0.25) is 0 Å². The minimum atomic E-state index is -0.667. The van der Waals surface area contributed by atoms with Gasteiger partial charge in [-0.05, 0) is 82.4 Å². The molecule has 1 aromatic carbocycles. The number of allylic oxidation sites excluding steroid dienone is 1. The number of likely N-dealkylation sites (tertiary alicyclic amines) is 1. The van der Waals surface area contributed by atoms with Crippen LogP contribution in [0.25, 0.3) is 11.1 Å². The number of fused-ring (bicyclic) bond motifs is 1. The van der Waals surface area contributed by atoms with Gasteiger partial charge in [0, 0.05) is 13.6 Å². The SMILES string of the molecule is C/C=C(\C(=NC)OC)c1ccc2cnc(Nc3ccc(C4CCN(CC(C)(C)O)CC4)cc3OC)nn12. The van der Waals surface area contributed by atoms with Gasteiger partial charge in [0.15, 0.2) is 0 Å². The molecule has 0 radical (unpaired) electrons. The predicted octanol–water partition coefficient (Wildman–Crippen LogP) is 4.51. The monoisotopic (exact) mass is 506 g/mol. The molecule has 0 spiro atoms. The number of nitrogens with zero attached hydrogens (tertiary/aromatic N) is 5. The second-order valence-corrected chi connectivity index (χ2v) is 10.0. The summed E-state index contributed by atoms with van der Waals surface area (Å²) in [5, 5.41) is 18.2. The standard InChI is InChI=1S/C28H38N6O3/c1-7-22(26(29-4)37-6)24-11-9-21-17-30-27(32-34(21)24)31-23-10-8-20(16-25(23)36-5)19-12-14-33(15-13-19)18-28(2,3)35/h7-11,16-17,19,35H,12-15,18H2,1-6H3,(H,31,32)/b22-7-,29-26?. The van der Waals surface area contributed by atoms with Gasteiger partial charge in [-0.15, -0.1) is 5.10 Å². The normalized spacial score (nSPS) is 16.3. The minimum Gasteiger partial charge on any atom is -0.495 e. The number of aliphatic imine (C=N–C) groups is 1. The molecule has 37 heavy (non-hydrogen) atoms. The van der Waals surface area contributed by atoms with Crippen molar-refractivity contribution in [3.63, 3.8) is 0 Å². The van der Waals surface area contributed by atoms with Crippen LogP contribution in [0, 0.1) is 0 Å². The molecule has 9 nitrogen and oxygen atoms in total. The summed E-state index contributed by atoms with van der Waals surface area (Å²) in [6, 6.07) is 10.2. The number of aliphatic hydroxyl groups is 1. The maximum Gasteiger partial charge on any atom is 0.245 e. The molecular formula is C28H38N6O3. The van der Waals surface area contributed by atoms with E-state index in [-0.39, 0.29) is 0 Å². The molecule has 1 saturated heterocycles. The van der Waals surface area contributed by atoms with Crippen LogP contribution in [0.1, 0.15) is 50.8 Å². The smallest absolute Gasteiger partial charge is 0.245 e. The second kappa shape index (κ2) is 11.3. The Morgan fingerprint density at radius 3 is 2.59 bits per heavy atom. The molecule has 0 saturated carbocycles. The minimum absolute atomic E-state index is 0.457. The molecule has 0 unspecified atom stereocenters. The first-order valence-corrected chi connectivity index (χ1v) is 12.7. The molecule has 0 atom stereocenters. The summed E-state index contributed by atoms with van der Waals surface area (Å²) < 4.78 is 13.0. The molecule has 9 heteroatoms. The third-order valence-corrected chi connectivity index (χ3v) is 6.73. The van der Waals surface area contributed by atoms with Crippen molar-refractivity contribution in [1.82, 2.24) is 19.5 Å². The average Bonchev–Trinajstić information content (AvgIpc) is 3.30. The van der Waals surface area contributed by atoms with Crippen LogP contribution in [-0.4, -0.2) is 77.0 Å². The van der Waals surface area contributed by atoms with E-state index < -0.39 is 5.60 Å². The Hall–Kier alpha value is -3.43. The lowest BCUT2D eigenvalue weighted by molar-refractivity contribution is 0.0282. The predicted molar refractivity (Wildman–Crippen MR) is 148 cm³/mol. The second-order valence-electron chi connectivity index (χ2n) is 10.0. The van der Waals surface area contributed by atoms with E-state index in [1.54, 1.807) is 27.5 Å². The van der Waals surface area contributed by atoms with Crippen LogP contribution in [0.15, 0.2) is 47.6 Å². The van der Waals surface area contributed by atoms with Gasteiger partial charge >= 0.3 is 0 Å². The Balaban J connectivity index is 1.53. The first kappa shape index (κ1) is 26.6. The van der Waals surface area contributed by atoms with Crippen LogP contribution in [-0.2, 0) is 4.74 Å². The highest BCUT2D eigenvalue weighted by Crippen LogP contribution is 2.35. The van der Waals surface area contributed by atoms with Gasteiger partial charge in [-0.25, -0.2) is 9.50 Å². The van der Waals surface area contributed by atoms with Gasteiger partial charge in [0.05, 0.1) is 48.5 Å². The van der Waals surface area contributed by atoms with Crippen LogP contribution < -0.4 is 10.1 Å². The summed E-state index contributed by atoms with van der Waals surface area (Å²) in [4.78, 5) is 11.1. The van der Waals surface area contributed by atoms with Crippen molar-refractivity contribution >= 4 is 28.6 Å². The number of aromatic nitrogens is 3. The van der Waals surface area contributed by atoms with Crippen molar-refractivity contribution in [3.8, 4) is 5.75 Å². The van der Waals surface area contributed by atoms with Gasteiger partial charge in [-0.2, -0.15) is 0 Å². The zero-order valence-corrected chi connectivity index (χ0v) is 22.7. The molecule has 3 aromatic rings. The van der Waals surface area contributed by atoms with E-state index >= 15 is 0 Å². The third kappa shape index (κ3) is 6.11. The molecule has 3 heterocycles. The largest absolute Gasteiger partial charge is 0.495 e. The molecule has 1 aliphatic heterocycles. The average molecular weight is 507 g/mol. The number of hydrogen-bond donors (Lipinski definition) is 2. The number of benzene rings is 1. The van der Waals surface area contributed by atoms with Gasteiger partial charge in [0.2, 0.25) is 11.8 Å². The summed E-state index contributed by atoms with van der Waals surface area (Å²) in [5.41, 5.74) is 3.98. The molecule has 1 fully saturated rings. The first-order valence-electron chi connectivity index (χ1n) is 12.7. The molecule has 0 aliphatic carbocycles. The highest BCUT2D eigenvalue weighted by molar-refractivity contribution is 6.19. The fraction of sp³-hybridized carbons (Fsp3) is 0.464. The van der Waals surface area contributed by atoms with Crippen LogP contribution in [0.5, 0.6) is 5.75 Å². The molecule has 0 bridgehead atoms. The van der Waals surface area contributed by atoms with E-state index in [1.807, 2.05) is 49.6 Å². The molecule has 198 valence electrons. The Labute approximate surface area is 218 Å². The van der Waals surface area contributed by atoms with E-state index in [2.05, 4.69) is 32.3 Å². The van der Waals surface area contributed by atoms with Crippen LogP contribution in [0.4, 0.5) is 11.6 Å². The van der Waals surface area contributed by atoms with Crippen molar-refractivity contribution in [2.45, 2.75) is 45.1 Å². The highest BCUT2D eigenvalue weighted by Gasteiger charge is 2.25. The third-order valence-electron chi connectivity index (χ3n) is 6.73. The molecular weight excluding hydrogens is 468 g/mol. The summed E-state index contributed by atoms with van der Waals surface area (Å²) in [5.74, 6) is 2.21. The Morgan fingerprint density at radius 1 is 1.22 bits per heavy atom. The zero-order valence-electron chi connectivity index (χ0n) is 22.7. The number of ether oxygens (including phenoxy) is 2. The van der Waals surface area contributed by atoms with Crippen molar-refractivity contribution in [3.05, 3.63) is 53.9 Å². The lowest BCUT2D eigenvalue weighted by atomic mass is 9.88. The number of piperidine rings is 1. The van der Waals surface area contributed by atoms with Crippen molar-refractivity contribution in [2.75, 3.05) is 46.2 Å². The number of methoxy groups -OCH3 is 2. The number of β-amino-alcohol motifs (C(OH)–C–C–N with tert-alkyl or cyclic N) is 1.